The van der Waals surface area contributed by atoms with Crippen LogP contribution in [0.5, 0.6) is 0 Å². The SMILES string of the molecule is Cc1noc([C@@]2(C(F)(F)F)CCNC2)n1. The highest BCUT2D eigenvalue weighted by Gasteiger charge is 2.61. The molecule has 2 rings (SSSR count). The summed E-state index contributed by atoms with van der Waals surface area (Å²) < 4.78 is 43.5. The monoisotopic (exact) mass is 221 g/mol. The van der Waals surface area contributed by atoms with E-state index in [9.17, 15) is 13.2 Å². The summed E-state index contributed by atoms with van der Waals surface area (Å²) in [5.41, 5.74) is -2.01. The number of alkyl halides is 3. The first-order valence-electron chi connectivity index (χ1n) is 4.54. The molecule has 1 fully saturated rings. The van der Waals surface area contributed by atoms with Crippen molar-refractivity contribution in [1.29, 1.82) is 0 Å². The number of nitrogens with one attached hydrogen (secondary N) is 1. The van der Waals surface area contributed by atoms with Gasteiger partial charge >= 0.3 is 6.18 Å². The highest BCUT2D eigenvalue weighted by molar-refractivity contribution is 5.14. The molecular formula is C8H10F3N3O. The lowest BCUT2D eigenvalue weighted by Crippen LogP contribution is -2.44. The van der Waals surface area contributed by atoms with Gasteiger partial charge in [0, 0.05) is 6.54 Å². The lowest BCUT2D eigenvalue weighted by molar-refractivity contribution is -0.191. The van der Waals surface area contributed by atoms with Gasteiger partial charge in [-0.2, -0.15) is 18.2 Å². The first kappa shape index (κ1) is 10.4. The molecule has 2 heterocycles. The van der Waals surface area contributed by atoms with E-state index in [1.807, 2.05) is 0 Å². The molecule has 0 spiro atoms. The average Bonchev–Trinajstić information content (AvgIpc) is 2.69. The fourth-order valence-electron chi connectivity index (χ4n) is 1.73. The van der Waals surface area contributed by atoms with Crippen molar-refractivity contribution in [2.24, 2.45) is 0 Å². The second-order valence-corrected chi connectivity index (χ2v) is 3.65. The molecule has 1 aliphatic heterocycles. The summed E-state index contributed by atoms with van der Waals surface area (Å²) in [5, 5.41) is 6.09. The highest BCUT2D eigenvalue weighted by Crippen LogP contribution is 2.44. The summed E-state index contributed by atoms with van der Waals surface area (Å²) in [7, 11) is 0. The fraction of sp³-hybridized carbons (Fsp3) is 0.750. The van der Waals surface area contributed by atoms with Crippen LogP contribution < -0.4 is 5.32 Å². The maximum atomic E-state index is 12.9. The summed E-state index contributed by atoms with van der Waals surface area (Å²) in [6.45, 7) is 1.61. The molecule has 1 aromatic rings. The molecule has 1 aromatic heterocycles. The van der Waals surface area contributed by atoms with Crippen molar-refractivity contribution in [2.45, 2.75) is 24.9 Å². The van der Waals surface area contributed by atoms with Gasteiger partial charge in [-0.1, -0.05) is 5.16 Å². The Morgan fingerprint density at radius 3 is 2.60 bits per heavy atom. The summed E-state index contributed by atoms with van der Waals surface area (Å²) in [4.78, 5) is 3.69. The zero-order chi connectivity index (χ0) is 11.1. The van der Waals surface area contributed by atoms with Gasteiger partial charge in [0.05, 0.1) is 0 Å². The lowest BCUT2D eigenvalue weighted by atomic mass is 9.86. The van der Waals surface area contributed by atoms with E-state index in [2.05, 4.69) is 20.0 Å². The number of hydrogen-bond acceptors (Lipinski definition) is 4. The molecule has 7 heteroatoms. The van der Waals surface area contributed by atoms with Crippen molar-refractivity contribution in [1.82, 2.24) is 15.5 Å². The van der Waals surface area contributed by atoms with Gasteiger partial charge in [0.2, 0.25) is 5.89 Å². The van der Waals surface area contributed by atoms with Crippen LogP contribution >= 0.6 is 0 Å². The third-order valence-corrected chi connectivity index (χ3v) is 2.63. The van der Waals surface area contributed by atoms with Crippen LogP contribution in [-0.2, 0) is 5.41 Å². The van der Waals surface area contributed by atoms with E-state index in [1.54, 1.807) is 0 Å². The third kappa shape index (κ3) is 1.50. The molecule has 0 aromatic carbocycles. The van der Waals surface area contributed by atoms with Gasteiger partial charge in [0.25, 0.3) is 0 Å². The van der Waals surface area contributed by atoms with Gasteiger partial charge in [-0.25, -0.2) is 0 Å². The van der Waals surface area contributed by atoms with Gasteiger partial charge < -0.3 is 9.84 Å². The quantitative estimate of drug-likeness (QED) is 0.773. The Labute approximate surface area is 83.8 Å². The Balaban J connectivity index is 2.43. The van der Waals surface area contributed by atoms with Gasteiger partial charge in [-0.05, 0) is 19.9 Å². The first-order chi connectivity index (χ1) is 6.96. The van der Waals surface area contributed by atoms with Crippen LogP contribution in [0.15, 0.2) is 4.52 Å². The Kier molecular flexibility index (Phi) is 2.22. The molecule has 0 aliphatic carbocycles. The van der Waals surface area contributed by atoms with Crippen molar-refractivity contribution in [3.05, 3.63) is 11.7 Å². The summed E-state index contributed by atoms with van der Waals surface area (Å²) in [5.74, 6) is -0.113. The number of hydrogen-bond donors (Lipinski definition) is 1. The molecule has 4 nitrogen and oxygen atoms in total. The van der Waals surface area contributed by atoms with E-state index in [-0.39, 0.29) is 24.7 Å². The molecule has 1 saturated heterocycles. The number of rotatable bonds is 1. The highest BCUT2D eigenvalue weighted by atomic mass is 19.4. The zero-order valence-corrected chi connectivity index (χ0v) is 8.06. The molecular weight excluding hydrogens is 211 g/mol. The smallest absolute Gasteiger partial charge is 0.338 e. The Bertz CT molecular complexity index is 354. The predicted octanol–water partition coefficient (Wildman–Crippen LogP) is 1.17. The van der Waals surface area contributed by atoms with Crippen molar-refractivity contribution in [3.8, 4) is 0 Å². The van der Waals surface area contributed by atoms with E-state index in [1.165, 1.54) is 6.92 Å². The molecule has 0 amide bonds. The molecule has 1 atom stereocenters. The van der Waals surface area contributed by atoms with Crippen LogP contribution in [0, 0.1) is 6.92 Å². The number of nitrogens with zero attached hydrogens (tertiary/aromatic N) is 2. The van der Waals surface area contributed by atoms with Crippen LogP contribution in [0.3, 0.4) is 0 Å². The normalized spacial score (nSPS) is 27.2. The van der Waals surface area contributed by atoms with Gasteiger partial charge in [0.1, 0.15) is 0 Å². The average molecular weight is 221 g/mol. The van der Waals surface area contributed by atoms with E-state index in [0.29, 0.717) is 6.54 Å². The van der Waals surface area contributed by atoms with Crippen LogP contribution in [-0.4, -0.2) is 29.4 Å². The maximum absolute atomic E-state index is 12.9. The molecule has 1 N–H and O–H groups in total. The number of aryl methyl sites for hydroxylation is 1. The minimum Gasteiger partial charge on any atom is -0.338 e. The summed E-state index contributed by atoms with van der Waals surface area (Å²) in [6, 6.07) is 0. The lowest BCUT2D eigenvalue weighted by Gasteiger charge is -2.26. The standard InChI is InChI=1S/C8H10F3N3O/c1-5-13-6(15-14-5)7(8(9,10)11)2-3-12-4-7/h12H,2-4H2,1H3/t7-/m1/s1. The third-order valence-electron chi connectivity index (χ3n) is 2.63. The molecule has 0 bridgehead atoms. The fourth-order valence-corrected chi connectivity index (χ4v) is 1.73. The molecule has 0 radical (unpaired) electrons. The van der Waals surface area contributed by atoms with Crippen molar-refractivity contribution in [2.75, 3.05) is 13.1 Å². The van der Waals surface area contributed by atoms with Crippen molar-refractivity contribution in [3.63, 3.8) is 0 Å². The van der Waals surface area contributed by atoms with Crippen LogP contribution in [0.4, 0.5) is 13.2 Å². The summed E-state index contributed by atoms with van der Waals surface area (Å²) >= 11 is 0. The molecule has 1 aliphatic rings. The topological polar surface area (TPSA) is 51.0 Å². The molecule has 15 heavy (non-hydrogen) atoms. The van der Waals surface area contributed by atoms with E-state index in [0.717, 1.165) is 0 Å². The number of halogens is 3. The molecule has 84 valence electrons. The van der Waals surface area contributed by atoms with E-state index < -0.39 is 11.6 Å². The maximum Gasteiger partial charge on any atom is 0.404 e. The van der Waals surface area contributed by atoms with Crippen molar-refractivity contribution < 1.29 is 17.7 Å². The Morgan fingerprint density at radius 1 is 1.47 bits per heavy atom. The van der Waals surface area contributed by atoms with E-state index in [4.69, 9.17) is 0 Å². The Hall–Kier alpha value is -1.11. The molecule has 0 unspecified atom stereocenters. The largest absolute Gasteiger partial charge is 0.404 e. The van der Waals surface area contributed by atoms with Gasteiger partial charge in [-0.3, -0.25) is 0 Å². The minimum absolute atomic E-state index is 0.0574. The van der Waals surface area contributed by atoms with Crippen molar-refractivity contribution >= 4 is 0 Å². The second kappa shape index (κ2) is 3.19. The van der Waals surface area contributed by atoms with Crippen LogP contribution in [0.25, 0.3) is 0 Å². The van der Waals surface area contributed by atoms with Gasteiger partial charge in [-0.15, -0.1) is 0 Å². The minimum atomic E-state index is -4.37. The zero-order valence-electron chi connectivity index (χ0n) is 8.06. The van der Waals surface area contributed by atoms with Crippen LogP contribution in [0.1, 0.15) is 18.1 Å². The van der Waals surface area contributed by atoms with Crippen LogP contribution in [0.2, 0.25) is 0 Å². The Morgan fingerprint density at radius 2 is 2.20 bits per heavy atom. The first-order valence-corrected chi connectivity index (χ1v) is 4.54. The van der Waals surface area contributed by atoms with Gasteiger partial charge in [0.15, 0.2) is 11.2 Å². The predicted molar refractivity (Wildman–Crippen MR) is 44.3 cm³/mol. The molecule has 0 saturated carbocycles. The number of aromatic nitrogens is 2. The second-order valence-electron chi connectivity index (χ2n) is 3.65. The summed E-state index contributed by atoms with van der Waals surface area (Å²) in [6.07, 6.45) is -4.42. The van der Waals surface area contributed by atoms with E-state index >= 15 is 0 Å².